The molecule has 0 aliphatic carbocycles. The minimum absolute atomic E-state index is 0.667. The van der Waals surface area contributed by atoms with Gasteiger partial charge in [0.1, 0.15) is 5.76 Å². The Balaban J connectivity index is 2.81. The van der Waals surface area contributed by atoms with Gasteiger partial charge in [-0.25, -0.2) is 0 Å². The second-order valence-corrected chi connectivity index (χ2v) is 2.94. The van der Waals surface area contributed by atoms with Crippen LogP contribution >= 0.6 is 0 Å². The van der Waals surface area contributed by atoms with E-state index in [0.717, 1.165) is 18.8 Å². The lowest BCUT2D eigenvalue weighted by molar-refractivity contribution is 0.172. The molecule has 11 heavy (non-hydrogen) atoms. The van der Waals surface area contributed by atoms with E-state index >= 15 is 0 Å². The Morgan fingerprint density at radius 3 is 2.55 bits per heavy atom. The molecule has 1 heterocycles. The van der Waals surface area contributed by atoms with Crippen molar-refractivity contribution in [3.05, 3.63) is 23.5 Å². The van der Waals surface area contributed by atoms with Crippen LogP contribution in [0, 0.1) is 5.92 Å². The third-order valence-corrected chi connectivity index (χ3v) is 2.20. The summed E-state index contributed by atoms with van der Waals surface area (Å²) in [5.41, 5.74) is 1.36. The van der Waals surface area contributed by atoms with Crippen molar-refractivity contribution in [3.63, 3.8) is 0 Å². The second-order valence-electron chi connectivity index (χ2n) is 2.94. The molecule has 1 saturated heterocycles. The SMILES string of the molecule is C/C=C1\C(=C/C)OCCC1C. The number of ether oxygens (including phenoxy) is 1. The van der Waals surface area contributed by atoms with Crippen molar-refractivity contribution >= 4 is 0 Å². The molecule has 1 aliphatic heterocycles. The predicted octanol–water partition coefficient (Wildman–Crippen LogP) is 2.89. The summed E-state index contributed by atoms with van der Waals surface area (Å²) in [7, 11) is 0. The molecule has 1 nitrogen and oxygen atoms in total. The highest BCUT2D eigenvalue weighted by Gasteiger charge is 2.18. The van der Waals surface area contributed by atoms with Crippen molar-refractivity contribution in [1.29, 1.82) is 0 Å². The monoisotopic (exact) mass is 152 g/mol. The molecule has 62 valence electrons. The zero-order valence-electron chi connectivity index (χ0n) is 7.55. The molecule has 0 aromatic heterocycles. The summed E-state index contributed by atoms with van der Waals surface area (Å²) in [5, 5.41) is 0. The van der Waals surface area contributed by atoms with E-state index in [9.17, 15) is 0 Å². The summed E-state index contributed by atoms with van der Waals surface area (Å²) >= 11 is 0. The van der Waals surface area contributed by atoms with Crippen molar-refractivity contribution in [2.75, 3.05) is 6.61 Å². The van der Waals surface area contributed by atoms with Crippen molar-refractivity contribution in [2.45, 2.75) is 27.2 Å². The van der Waals surface area contributed by atoms with E-state index in [1.54, 1.807) is 0 Å². The number of allylic oxidation sites excluding steroid dienone is 3. The van der Waals surface area contributed by atoms with Crippen molar-refractivity contribution in [2.24, 2.45) is 5.92 Å². The molecule has 1 fully saturated rings. The molecule has 0 amide bonds. The standard InChI is InChI=1S/C10H16O/c1-4-9-8(3)6-7-11-10(9)5-2/h4-5,8H,6-7H2,1-3H3/b9-4-,10-5+. The van der Waals surface area contributed by atoms with Crippen LogP contribution < -0.4 is 0 Å². The van der Waals surface area contributed by atoms with E-state index in [2.05, 4.69) is 19.9 Å². The first-order valence-corrected chi connectivity index (χ1v) is 4.25. The fourth-order valence-electron chi connectivity index (χ4n) is 1.50. The fourth-order valence-corrected chi connectivity index (χ4v) is 1.50. The lowest BCUT2D eigenvalue weighted by atomic mass is 9.94. The zero-order chi connectivity index (χ0) is 8.27. The van der Waals surface area contributed by atoms with Crippen molar-refractivity contribution < 1.29 is 4.74 Å². The normalized spacial score (nSPS) is 32.5. The lowest BCUT2D eigenvalue weighted by Crippen LogP contribution is -2.14. The third-order valence-electron chi connectivity index (χ3n) is 2.20. The van der Waals surface area contributed by atoms with Crippen LogP contribution in [0.1, 0.15) is 27.2 Å². The van der Waals surface area contributed by atoms with Crippen LogP contribution in [0.4, 0.5) is 0 Å². The second kappa shape index (κ2) is 3.61. The van der Waals surface area contributed by atoms with Crippen LogP contribution in [0.2, 0.25) is 0 Å². The molecule has 0 saturated carbocycles. The first-order valence-electron chi connectivity index (χ1n) is 4.25. The Morgan fingerprint density at radius 2 is 2.09 bits per heavy atom. The Bertz CT molecular complexity index is 189. The minimum Gasteiger partial charge on any atom is -0.494 e. The molecule has 0 radical (unpaired) electrons. The summed E-state index contributed by atoms with van der Waals surface area (Å²) < 4.78 is 5.49. The van der Waals surface area contributed by atoms with Crippen molar-refractivity contribution in [1.82, 2.24) is 0 Å². The highest BCUT2D eigenvalue weighted by atomic mass is 16.5. The number of rotatable bonds is 0. The molecule has 0 N–H and O–H groups in total. The maximum absolute atomic E-state index is 5.49. The molecular formula is C10H16O. The highest BCUT2D eigenvalue weighted by Crippen LogP contribution is 2.28. The number of hydrogen-bond donors (Lipinski definition) is 0. The number of hydrogen-bond acceptors (Lipinski definition) is 1. The molecule has 1 heteroatoms. The van der Waals surface area contributed by atoms with Gasteiger partial charge in [0.15, 0.2) is 0 Å². The van der Waals surface area contributed by atoms with E-state index in [-0.39, 0.29) is 0 Å². The maximum Gasteiger partial charge on any atom is 0.118 e. The van der Waals surface area contributed by atoms with E-state index in [0.29, 0.717) is 5.92 Å². The summed E-state index contributed by atoms with van der Waals surface area (Å²) in [6.45, 7) is 7.22. The average Bonchev–Trinajstić information content (AvgIpc) is 2.04. The van der Waals surface area contributed by atoms with Crippen LogP contribution in [-0.4, -0.2) is 6.61 Å². The average molecular weight is 152 g/mol. The predicted molar refractivity (Wildman–Crippen MR) is 47.2 cm³/mol. The Labute approximate surface area is 68.8 Å². The van der Waals surface area contributed by atoms with Crippen LogP contribution in [0.3, 0.4) is 0 Å². The maximum atomic E-state index is 5.49. The van der Waals surface area contributed by atoms with E-state index in [4.69, 9.17) is 4.74 Å². The quantitative estimate of drug-likeness (QED) is 0.518. The third kappa shape index (κ3) is 1.65. The van der Waals surface area contributed by atoms with Gasteiger partial charge in [0, 0.05) is 0 Å². The van der Waals surface area contributed by atoms with Gasteiger partial charge in [-0.1, -0.05) is 13.0 Å². The summed E-state index contributed by atoms with van der Waals surface area (Å²) in [6, 6.07) is 0. The van der Waals surface area contributed by atoms with E-state index < -0.39 is 0 Å². The Morgan fingerprint density at radius 1 is 1.36 bits per heavy atom. The van der Waals surface area contributed by atoms with Gasteiger partial charge in [0.2, 0.25) is 0 Å². The smallest absolute Gasteiger partial charge is 0.118 e. The van der Waals surface area contributed by atoms with Gasteiger partial charge in [-0.05, 0) is 37.8 Å². The molecule has 0 aromatic rings. The van der Waals surface area contributed by atoms with Gasteiger partial charge < -0.3 is 4.74 Å². The van der Waals surface area contributed by atoms with Crippen LogP contribution in [-0.2, 0) is 4.74 Å². The zero-order valence-corrected chi connectivity index (χ0v) is 7.55. The van der Waals surface area contributed by atoms with E-state index in [1.165, 1.54) is 5.57 Å². The molecule has 0 aromatic carbocycles. The summed E-state index contributed by atoms with van der Waals surface area (Å²) in [4.78, 5) is 0. The largest absolute Gasteiger partial charge is 0.494 e. The van der Waals surface area contributed by atoms with Gasteiger partial charge in [-0.15, -0.1) is 0 Å². The molecule has 1 aliphatic rings. The van der Waals surface area contributed by atoms with Gasteiger partial charge in [-0.3, -0.25) is 0 Å². The lowest BCUT2D eigenvalue weighted by Gasteiger charge is -2.25. The molecule has 1 unspecified atom stereocenters. The molecular weight excluding hydrogens is 136 g/mol. The summed E-state index contributed by atoms with van der Waals surface area (Å²) in [5.74, 6) is 1.74. The molecule has 1 rings (SSSR count). The van der Waals surface area contributed by atoms with Crippen molar-refractivity contribution in [3.8, 4) is 0 Å². The van der Waals surface area contributed by atoms with Crippen LogP contribution in [0.25, 0.3) is 0 Å². The van der Waals surface area contributed by atoms with Gasteiger partial charge in [-0.2, -0.15) is 0 Å². The summed E-state index contributed by atoms with van der Waals surface area (Å²) in [6.07, 6.45) is 5.35. The van der Waals surface area contributed by atoms with Gasteiger partial charge >= 0.3 is 0 Å². The highest BCUT2D eigenvalue weighted by molar-refractivity contribution is 5.28. The molecule has 0 bridgehead atoms. The van der Waals surface area contributed by atoms with Gasteiger partial charge in [0.05, 0.1) is 6.61 Å². The Hall–Kier alpha value is -0.720. The Kier molecular flexibility index (Phi) is 2.75. The fraction of sp³-hybridized carbons (Fsp3) is 0.600. The van der Waals surface area contributed by atoms with Gasteiger partial charge in [0.25, 0.3) is 0 Å². The minimum atomic E-state index is 0.667. The first-order chi connectivity index (χ1) is 5.29. The molecule has 1 atom stereocenters. The topological polar surface area (TPSA) is 9.23 Å². The first kappa shape index (κ1) is 8.38. The molecule has 0 spiro atoms. The van der Waals surface area contributed by atoms with Crippen LogP contribution in [0.5, 0.6) is 0 Å². The van der Waals surface area contributed by atoms with E-state index in [1.807, 2.05) is 13.0 Å². The van der Waals surface area contributed by atoms with Crippen LogP contribution in [0.15, 0.2) is 23.5 Å².